The Morgan fingerprint density at radius 3 is 2.68 bits per heavy atom. The molecule has 0 fully saturated rings. The minimum Gasteiger partial charge on any atom is -0.504 e. The lowest BCUT2D eigenvalue weighted by atomic mass is 9.99. The van der Waals surface area contributed by atoms with E-state index >= 15 is 0 Å². The van der Waals surface area contributed by atoms with E-state index in [1.54, 1.807) is 24.7 Å². The first-order valence-electron chi connectivity index (χ1n) is 6.15. The van der Waals surface area contributed by atoms with E-state index in [2.05, 4.69) is 47.8 Å². The Morgan fingerprint density at radius 2 is 1.79 bits per heavy atom. The van der Waals surface area contributed by atoms with Gasteiger partial charge in [0.05, 0.1) is 13.4 Å². The summed E-state index contributed by atoms with van der Waals surface area (Å²) in [6.45, 7) is 0. The van der Waals surface area contributed by atoms with E-state index in [0.29, 0.717) is 0 Å². The maximum Gasteiger partial charge on any atom is 0.0830 e. The van der Waals surface area contributed by atoms with Gasteiger partial charge in [0, 0.05) is 10.3 Å². The van der Waals surface area contributed by atoms with Crippen LogP contribution in [0, 0.1) is 0 Å². The summed E-state index contributed by atoms with van der Waals surface area (Å²) in [6, 6.07) is 17.0. The average Bonchev–Trinajstić information content (AvgIpc) is 2.94. The van der Waals surface area contributed by atoms with Gasteiger partial charge in [-0.3, -0.25) is 0 Å². The third kappa shape index (κ3) is 2.27. The van der Waals surface area contributed by atoms with Gasteiger partial charge < -0.3 is 4.74 Å². The Balaban J connectivity index is 2.21. The van der Waals surface area contributed by atoms with Crippen molar-refractivity contribution in [3.63, 3.8) is 0 Å². The van der Waals surface area contributed by atoms with Crippen molar-refractivity contribution in [2.24, 2.45) is 0 Å². The van der Waals surface area contributed by atoms with Gasteiger partial charge in [-0.1, -0.05) is 42.5 Å². The molecule has 3 rings (SSSR count). The first-order chi connectivity index (χ1) is 9.40. The molecule has 2 heteroatoms. The molecule has 0 saturated heterocycles. The maximum absolute atomic E-state index is 5.03. The van der Waals surface area contributed by atoms with Crippen LogP contribution in [0.2, 0.25) is 0 Å². The largest absolute Gasteiger partial charge is 0.504 e. The van der Waals surface area contributed by atoms with Gasteiger partial charge in [0.15, 0.2) is 0 Å². The SMILES string of the molecule is CO/C=C/c1ccccc1-c1cccc2ccsc12. The van der Waals surface area contributed by atoms with Crippen molar-refractivity contribution in [2.45, 2.75) is 0 Å². The number of fused-ring (bicyclic) bond motifs is 1. The number of ether oxygens (including phenoxy) is 1. The van der Waals surface area contributed by atoms with Gasteiger partial charge in [-0.2, -0.15) is 0 Å². The second kappa shape index (κ2) is 5.29. The van der Waals surface area contributed by atoms with Crippen LogP contribution in [0.1, 0.15) is 5.56 Å². The van der Waals surface area contributed by atoms with E-state index < -0.39 is 0 Å². The number of hydrogen-bond donors (Lipinski definition) is 0. The van der Waals surface area contributed by atoms with Crippen molar-refractivity contribution in [2.75, 3.05) is 7.11 Å². The van der Waals surface area contributed by atoms with Crippen molar-refractivity contribution in [3.05, 3.63) is 65.7 Å². The highest BCUT2D eigenvalue weighted by molar-refractivity contribution is 7.17. The van der Waals surface area contributed by atoms with Crippen LogP contribution in [0.25, 0.3) is 27.3 Å². The Labute approximate surface area is 116 Å². The van der Waals surface area contributed by atoms with Gasteiger partial charge in [-0.25, -0.2) is 0 Å². The van der Waals surface area contributed by atoms with Crippen LogP contribution in [-0.4, -0.2) is 7.11 Å². The summed E-state index contributed by atoms with van der Waals surface area (Å²) < 4.78 is 6.37. The number of hydrogen-bond acceptors (Lipinski definition) is 2. The molecule has 0 radical (unpaired) electrons. The molecule has 19 heavy (non-hydrogen) atoms. The molecule has 0 bridgehead atoms. The fourth-order valence-electron chi connectivity index (χ4n) is 2.23. The van der Waals surface area contributed by atoms with Gasteiger partial charge in [0.2, 0.25) is 0 Å². The van der Waals surface area contributed by atoms with E-state index in [-0.39, 0.29) is 0 Å². The number of thiophene rings is 1. The minimum absolute atomic E-state index is 1.17. The Hall–Kier alpha value is -2.06. The molecule has 0 amide bonds. The van der Waals surface area contributed by atoms with Crippen molar-refractivity contribution in [3.8, 4) is 11.1 Å². The highest BCUT2D eigenvalue weighted by Gasteiger charge is 2.07. The molecular weight excluding hydrogens is 252 g/mol. The topological polar surface area (TPSA) is 9.23 Å². The van der Waals surface area contributed by atoms with Crippen molar-refractivity contribution < 1.29 is 4.74 Å². The molecule has 2 aromatic carbocycles. The van der Waals surface area contributed by atoms with Crippen LogP contribution in [0.5, 0.6) is 0 Å². The standard InChI is InChI=1S/C17H14OS/c1-18-11-9-13-5-2-3-7-15(13)16-8-4-6-14-10-12-19-17(14)16/h2-12H,1H3/b11-9+. The summed E-state index contributed by atoms with van der Waals surface area (Å²) in [7, 11) is 1.67. The fraction of sp³-hybridized carbons (Fsp3) is 0.0588. The highest BCUT2D eigenvalue weighted by atomic mass is 32.1. The molecule has 0 atom stereocenters. The van der Waals surface area contributed by atoms with E-state index in [0.717, 1.165) is 0 Å². The lowest BCUT2D eigenvalue weighted by Crippen LogP contribution is -1.83. The fourth-order valence-corrected chi connectivity index (χ4v) is 3.16. The maximum atomic E-state index is 5.03. The second-order valence-corrected chi connectivity index (χ2v) is 5.19. The summed E-state index contributed by atoms with van der Waals surface area (Å²) >= 11 is 1.79. The zero-order valence-electron chi connectivity index (χ0n) is 10.7. The van der Waals surface area contributed by atoms with Crippen molar-refractivity contribution >= 4 is 27.5 Å². The molecule has 0 aliphatic carbocycles. The molecule has 0 saturated carbocycles. The van der Waals surface area contributed by atoms with Gasteiger partial charge >= 0.3 is 0 Å². The zero-order valence-corrected chi connectivity index (χ0v) is 11.5. The van der Waals surface area contributed by atoms with Crippen LogP contribution in [0.15, 0.2) is 60.2 Å². The summed E-state index contributed by atoms with van der Waals surface area (Å²) in [6.07, 6.45) is 3.72. The van der Waals surface area contributed by atoms with Crippen LogP contribution >= 0.6 is 11.3 Å². The Bertz CT molecular complexity index is 725. The molecule has 94 valence electrons. The lowest BCUT2D eigenvalue weighted by Gasteiger charge is -2.07. The molecule has 1 aromatic heterocycles. The predicted molar refractivity (Wildman–Crippen MR) is 83.3 cm³/mol. The van der Waals surface area contributed by atoms with Crippen molar-refractivity contribution in [1.82, 2.24) is 0 Å². The Kier molecular flexibility index (Phi) is 3.34. The third-order valence-electron chi connectivity index (χ3n) is 3.11. The number of benzene rings is 2. The monoisotopic (exact) mass is 266 g/mol. The van der Waals surface area contributed by atoms with E-state index in [1.807, 2.05) is 12.1 Å². The van der Waals surface area contributed by atoms with Gasteiger partial charge in [-0.15, -0.1) is 11.3 Å². The Morgan fingerprint density at radius 1 is 0.947 bits per heavy atom. The van der Waals surface area contributed by atoms with Gasteiger partial charge in [-0.05, 0) is 34.0 Å². The predicted octanol–water partition coefficient (Wildman–Crippen LogP) is 5.19. The molecule has 1 nitrogen and oxygen atoms in total. The van der Waals surface area contributed by atoms with Gasteiger partial charge in [0.25, 0.3) is 0 Å². The smallest absolute Gasteiger partial charge is 0.0830 e. The molecule has 3 aromatic rings. The summed E-state index contributed by atoms with van der Waals surface area (Å²) in [5.74, 6) is 0. The first-order valence-corrected chi connectivity index (χ1v) is 7.03. The van der Waals surface area contributed by atoms with Crippen LogP contribution in [0.4, 0.5) is 0 Å². The summed E-state index contributed by atoms with van der Waals surface area (Å²) in [5.41, 5.74) is 3.69. The number of methoxy groups -OCH3 is 1. The summed E-state index contributed by atoms with van der Waals surface area (Å²) in [4.78, 5) is 0. The molecular formula is C17H14OS. The van der Waals surface area contributed by atoms with Crippen molar-refractivity contribution in [1.29, 1.82) is 0 Å². The van der Waals surface area contributed by atoms with Gasteiger partial charge in [0.1, 0.15) is 0 Å². The molecule has 1 heterocycles. The molecule has 0 aliphatic rings. The molecule has 0 N–H and O–H groups in total. The molecule has 0 spiro atoms. The highest BCUT2D eigenvalue weighted by Crippen LogP contribution is 2.34. The van der Waals surface area contributed by atoms with Crippen LogP contribution < -0.4 is 0 Å². The van der Waals surface area contributed by atoms with E-state index in [1.165, 1.54) is 26.8 Å². The average molecular weight is 266 g/mol. The number of rotatable bonds is 3. The zero-order chi connectivity index (χ0) is 13.1. The van der Waals surface area contributed by atoms with E-state index in [9.17, 15) is 0 Å². The summed E-state index contributed by atoms with van der Waals surface area (Å²) in [5, 5.41) is 3.44. The quantitative estimate of drug-likeness (QED) is 0.593. The third-order valence-corrected chi connectivity index (χ3v) is 4.08. The minimum atomic E-state index is 1.17. The van der Waals surface area contributed by atoms with Crippen LogP contribution in [-0.2, 0) is 4.74 Å². The first kappa shape index (κ1) is 12.0. The van der Waals surface area contributed by atoms with E-state index in [4.69, 9.17) is 4.74 Å². The lowest BCUT2D eigenvalue weighted by molar-refractivity contribution is 0.341. The van der Waals surface area contributed by atoms with Crippen LogP contribution in [0.3, 0.4) is 0 Å². The molecule has 0 unspecified atom stereocenters. The molecule has 0 aliphatic heterocycles. The second-order valence-electron chi connectivity index (χ2n) is 4.27. The normalized spacial score (nSPS) is 11.2.